The number of hydrogen-bond acceptors (Lipinski definition) is 3. The molecule has 0 aliphatic heterocycles. The smallest absolute Gasteiger partial charge is 0.149 e. The molecule has 0 aliphatic carbocycles. The van der Waals surface area contributed by atoms with Crippen LogP contribution in [0, 0.1) is 20.8 Å². The summed E-state index contributed by atoms with van der Waals surface area (Å²) in [5.74, 6) is 0.925. The fourth-order valence-electron chi connectivity index (χ4n) is 7.76. The maximum Gasteiger partial charge on any atom is 0.149 e. The van der Waals surface area contributed by atoms with E-state index in [1.165, 1.54) is 11.1 Å². The van der Waals surface area contributed by atoms with Gasteiger partial charge in [0.25, 0.3) is 0 Å². The van der Waals surface area contributed by atoms with E-state index >= 15 is 0 Å². The zero-order valence-electron chi connectivity index (χ0n) is 31.0. The van der Waals surface area contributed by atoms with Gasteiger partial charge in [-0.3, -0.25) is 9.55 Å². The van der Waals surface area contributed by atoms with Crippen molar-refractivity contribution in [3.05, 3.63) is 193 Å². The van der Waals surface area contributed by atoms with Crippen LogP contribution in [0.1, 0.15) is 16.7 Å². The molecular formula is C51H39N3O. The molecule has 0 amide bonds. The predicted octanol–water partition coefficient (Wildman–Crippen LogP) is 13.1. The van der Waals surface area contributed by atoms with Crippen LogP contribution in [-0.2, 0) is 0 Å². The van der Waals surface area contributed by atoms with Gasteiger partial charge in [-0.25, -0.2) is 4.98 Å². The molecule has 0 fully saturated rings. The highest BCUT2D eigenvalue weighted by molar-refractivity contribution is 5.98. The zero-order chi connectivity index (χ0) is 37.5. The molecule has 0 spiro atoms. The largest absolute Gasteiger partial charge is 0.507 e. The first-order valence-corrected chi connectivity index (χ1v) is 18.6. The van der Waals surface area contributed by atoms with Crippen LogP contribution in [-0.4, -0.2) is 19.6 Å². The zero-order valence-corrected chi connectivity index (χ0v) is 31.0. The van der Waals surface area contributed by atoms with Crippen molar-refractivity contribution in [2.24, 2.45) is 0 Å². The van der Waals surface area contributed by atoms with Crippen molar-refractivity contribution in [3.63, 3.8) is 0 Å². The molecule has 4 heteroatoms. The van der Waals surface area contributed by atoms with Crippen molar-refractivity contribution >= 4 is 11.0 Å². The Balaban J connectivity index is 1.28. The minimum absolute atomic E-state index is 0.235. The molecule has 1 N–H and O–H groups in total. The fourth-order valence-corrected chi connectivity index (χ4v) is 7.76. The second-order valence-corrected chi connectivity index (χ2v) is 14.2. The van der Waals surface area contributed by atoms with Crippen LogP contribution in [0.2, 0.25) is 0 Å². The molecule has 0 aliphatic rings. The number of aromatic nitrogens is 3. The molecule has 0 saturated carbocycles. The highest BCUT2D eigenvalue weighted by Gasteiger charge is 2.22. The third kappa shape index (κ3) is 6.38. The van der Waals surface area contributed by atoms with E-state index in [4.69, 9.17) is 9.97 Å². The van der Waals surface area contributed by atoms with Crippen LogP contribution in [0.4, 0.5) is 0 Å². The molecular weight excluding hydrogens is 671 g/mol. The molecule has 2 heterocycles. The minimum Gasteiger partial charge on any atom is -0.507 e. The molecule has 264 valence electrons. The van der Waals surface area contributed by atoms with Gasteiger partial charge >= 0.3 is 0 Å². The van der Waals surface area contributed by atoms with Crippen LogP contribution < -0.4 is 0 Å². The van der Waals surface area contributed by atoms with Crippen LogP contribution in [0.3, 0.4) is 0 Å². The van der Waals surface area contributed by atoms with Crippen molar-refractivity contribution in [3.8, 4) is 78.6 Å². The number of pyridine rings is 1. The Morgan fingerprint density at radius 3 is 1.82 bits per heavy atom. The first kappa shape index (κ1) is 33.8. The number of phenolic OH excluding ortho intramolecular Hbond substituents is 1. The third-order valence-corrected chi connectivity index (χ3v) is 10.4. The number of imidazole rings is 1. The highest BCUT2D eigenvalue weighted by Crippen LogP contribution is 2.41. The second-order valence-electron chi connectivity index (χ2n) is 14.2. The first-order valence-electron chi connectivity index (χ1n) is 18.6. The summed E-state index contributed by atoms with van der Waals surface area (Å²) in [6.45, 7) is 6.16. The van der Waals surface area contributed by atoms with Crippen LogP contribution in [0.5, 0.6) is 5.75 Å². The summed E-state index contributed by atoms with van der Waals surface area (Å²) in [7, 11) is 0. The number of aromatic hydroxyl groups is 1. The summed E-state index contributed by atoms with van der Waals surface area (Å²) >= 11 is 0. The molecule has 0 unspecified atom stereocenters. The van der Waals surface area contributed by atoms with Gasteiger partial charge in [0, 0.05) is 23.0 Å². The number of rotatable bonds is 7. The van der Waals surface area contributed by atoms with E-state index < -0.39 is 0 Å². The lowest BCUT2D eigenvalue weighted by Gasteiger charge is -2.15. The lowest BCUT2D eigenvalue weighted by molar-refractivity contribution is 0.472. The normalized spacial score (nSPS) is 11.3. The number of phenols is 1. The molecule has 0 radical (unpaired) electrons. The molecule has 4 nitrogen and oxygen atoms in total. The Morgan fingerprint density at radius 1 is 0.455 bits per heavy atom. The van der Waals surface area contributed by atoms with E-state index in [1.54, 1.807) is 0 Å². The van der Waals surface area contributed by atoms with Gasteiger partial charge < -0.3 is 5.11 Å². The molecule has 9 rings (SSSR count). The highest BCUT2D eigenvalue weighted by atomic mass is 16.3. The number of para-hydroxylation sites is 1. The summed E-state index contributed by atoms with van der Waals surface area (Å²) in [6.07, 6.45) is 1.89. The first-order chi connectivity index (χ1) is 26.9. The molecule has 7 aromatic carbocycles. The molecule has 0 atom stereocenters. The molecule has 0 bridgehead atoms. The van der Waals surface area contributed by atoms with Crippen molar-refractivity contribution in [1.82, 2.24) is 14.5 Å². The van der Waals surface area contributed by atoms with Gasteiger partial charge in [-0.1, -0.05) is 115 Å². The SMILES string of the molecule is Cc1cc(C)c(O)c(-c2nc3c(-c4cc(-c5ccccc5)cc(-c5cc(-c6ccccc6)ccn5)c4)cccc3n2-c2ccc(-c3ccccc3)c(C)c2)c1. The number of hydrogen-bond donors (Lipinski definition) is 1. The lowest BCUT2D eigenvalue weighted by atomic mass is 9.93. The number of benzene rings is 7. The summed E-state index contributed by atoms with van der Waals surface area (Å²) < 4.78 is 2.20. The molecule has 9 aromatic rings. The Labute approximate surface area is 321 Å². The van der Waals surface area contributed by atoms with Gasteiger partial charge in [0.2, 0.25) is 0 Å². The van der Waals surface area contributed by atoms with E-state index in [0.29, 0.717) is 11.4 Å². The summed E-state index contributed by atoms with van der Waals surface area (Å²) in [5.41, 5.74) is 17.3. The van der Waals surface area contributed by atoms with Gasteiger partial charge in [0.05, 0.1) is 22.3 Å². The standard InChI is InChI=1S/C51H39N3O/c1-33-26-35(3)50(55)46(27-33)51-53-49-45(20-13-21-48(49)54(51)43-22-23-44(34(2)28-43)38-18-11-6-12-19-38)41-29-40(37-16-9-5-10-17-37)30-42(31-41)47-32-39(24-25-52-47)36-14-7-4-8-15-36/h4-32,55H,1-3H3. The lowest BCUT2D eigenvalue weighted by Crippen LogP contribution is -2.00. The van der Waals surface area contributed by atoms with Crippen LogP contribution in [0.15, 0.2) is 176 Å². The predicted molar refractivity (Wildman–Crippen MR) is 227 cm³/mol. The van der Waals surface area contributed by atoms with Crippen molar-refractivity contribution in [2.45, 2.75) is 20.8 Å². The average Bonchev–Trinajstić information content (AvgIpc) is 3.63. The Bertz CT molecular complexity index is 2840. The van der Waals surface area contributed by atoms with Crippen molar-refractivity contribution < 1.29 is 5.11 Å². The maximum absolute atomic E-state index is 11.6. The Morgan fingerprint density at radius 2 is 1.11 bits per heavy atom. The van der Waals surface area contributed by atoms with Crippen LogP contribution in [0.25, 0.3) is 83.9 Å². The van der Waals surface area contributed by atoms with E-state index in [-0.39, 0.29) is 5.75 Å². The topological polar surface area (TPSA) is 50.9 Å². The van der Waals surface area contributed by atoms with Gasteiger partial charge in [0.1, 0.15) is 11.6 Å². The minimum atomic E-state index is 0.235. The van der Waals surface area contributed by atoms with Crippen LogP contribution >= 0.6 is 0 Å². The van der Waals surface area contributed by atoms with E-state index in [0.717, 1.165) is 78.0 Å². The third-order valence-electron chi connectivity index (χ3n) is 10.4. The molecule has 0 saturated heterocycles. The number of nitrogens with zero attached hydrogens (tertiary/aromatic N) is 3. The van der Waals surface area contributed by atoms with Gasteiger partial charge in [-0.05, 0) is 131 Å². The fraction of sp³-hybridized carbons (Fsp3) is 0.0588. The van der Waals surface area contributed by atoms with E-state index in [9.17, 15) is 5.11 Å². The summed E-state index contributed by atoms with van der Waals surface area (Å²) in [4.78, 5) is 10.3. The Hall–Kier alpha value is -7.04. The van der Waals surface area contributed by atoms with Gasteiger partial charge in [-0.2, -0.15) is 0 Å². The van der Waals surface area contributed by atoms with E-state index in [1.807, 2.05) is 43.5 Å². The van der Waals surface area contributed by atoms with E-state index in [2.05, 4.69) is 158 Å². The average molecular weight is 710 g/mol. The quantitative estimate of drug-likeness (QED) is 0.179. The second kappa shape index (κ2) is 14.1. The van der Waals surface area contributed by atoms with Gasteiger partial charge in [0.15, 0.2) is 0 Å². The van der Waals surface area contributed by atoms with Crippen molar-refractivity contribution in [1.29, 1.82) is 0 Å². The summed E-state index contributed by atoms with van der Waals surface area (Å²) in [5, 5.41) is 11.6. The maximum atomic E-state index is 11.6. The molecule has 2 aromatic heterocycles. The summed E-state index contributed by atoms with van der Waals surface area (Å²) in [6, 6.07) is 59.3. The Kier molecular flexibility index (Phi) is 8.64. The monoisotopic (exact) mass is 709 g/mol. The molecule has 55 heavy (non-hydrogen) atoms. The van der Waals surface area contributed by atoms with Gasteiger partial charge in [-0.15, -0.1) is 0 Å². The number of fused-ring (bicyclic) bond motifs is 1. The van der Waals surface area contributed by atoms with Crippen molar-refractivity contribution in [2.75, 3.05) is 0 Å². The number of aryl methyl sites for hydroxylation is 3.